The van der Waals surface area contributed by atoms with Crippen LogP contribution in [0.1, 0.15) is 24.1 Å². The molecule has 0 amide bonds. The summed E-state index contributed by atoms with van der Waals surface area (Å²) in [6.45, 7) is 3.27. The van der Waals surface area contributed by atoms with Crippen LogP contribution in [0.15, 0.2) is 6.20 Å². The topological polar surface area (TPSA) is 17.8 Å². The molecule has 0 spiro atoms. The lowest BCUT2D eigenvalue weighted by Gasteiger charge is -2.13. The van der Waals surface area contributed by atoms with Gasteiger partial charge in [-0.05, 0) is 31.7 Å². The molecule has 2 rings (SSSR count). The molecule has 1 aromatic rings. The van der Waals surface area contributed by atoms with Gasteiger partial charge in [0.1, 0.15) is 0 Å². The van der Waals surface area contributed by atoms with E-state index in [1.807, 2.05) is 6.20 Å². The van der Waals surface area contributed by atoms with Gasteiger partial charge in [-0.1, -0.05) is 0 Å². The van der Waals surface area contributed by atoms with E-state index < -0.39 is 0 Å². The zero-order chi connectivity index (χ0) is 6.97. The molecule has 0 unspecified atom stereocenters. The first-order valence-electron chi connectivity index (χ1n) is 3.89. The summed E-state index contributed by atoms with van der Waals surface area (Å²) >= 11 is 0. The summed E-state index contributed by atoms with van der Waals surface area (Å²) in [6, 6.07) is 0. The number of hydrogen-bond acceptors (Lipinski definition) is 1. The van der Waals surface area contributed by atoms with Crippen LogP contribution in [0.2, 0.25) is 0 Å². The van der Waals surface area contributed by atoms with E-state index in [0.717, 1.165) is 6.54 Å². The van der Waals surface area contributed by atoms with Crippen molar-refractivity contribution in [1.29, 1.82) is 0 Å². The molecule has 0 N–H and O–H groups in total. The maximum absolute atomic E-state index is 4.27. The fraction of sp³-hybridized carbons (Fsp3) is 0.625. The van der Waals surface area contributed by atoms with Crippen LogP contribution in [0.25, 0.3) is 0 Å². The Bertz CT molecular complexity index is 237. The highest BCUT2D eigenvalue weighted by molar-refractivity contribution is 5.16. The molecule has 10 heavy (non-hydrogen) atoms. The summed E-state index contributed by atoms with van der Waals surface area (Å²) in [7, 11) is 0. The van der Waals surface area contributed by atoms with Crippen molar-refractivity contribution in [1.82, 2.24) is 9.78 Å². The number of aromatic nitrogens is 2. The van der Waals surface area contributed by atoms with Crippen LogP contribution >= 0.6 is 0 Å². The lowest BCUT2D eigenvalue weighted by Crippen LogP contribution is -2.11. The van der Waals surface area contributed by atoms with Gasteiger partial charge in [-0.2, -0.15) is 5.10 Å². The molecule has 2 heterocycles. The minimum atomic E-state index is 1.13. The maximum atomic E-state index is 4.27. The molecular formula is C8H12N2. The van der Waals surface area contributed by atoms with Crippen LogP contribution < -0.4 is 0 Å². The number of fused-ring (bicyclic) bond motifs is 1. The summed E-state index contributed by atoms with van der Waals surface area (Å²) in [4.78, 5) is 0. The Balaban J connectivity index is 2.45. The van der Waals surface area contributed by atoms with Gasteiger partial charge in [0.05, 0.1) is 6.20 Å². The summed E-state index contributed by atoms with van der Waals surface area (Å²) in [5, 5.41) is 4.27. The minimum absolute atomic E-state index is 1.13. The Morgan fingerprint density at radius 2 is 2.40 bits per heavy atom. The van der Waals surface area contributed by atoms with Crippen LogP contribution in [0, 0.1) is 6.92 Å². The zero-order valence-electron chi connectivity index (χ0n) is 6.30. The van der Waals surface area contributed by atoms with E-state index >= 15 is 0 Å². The Kier molecular flexibility index (Phi) is 1.26. The van der Waals surface area contributed by atoms with Crippen molar-refractivity contribution in [2.24, 2.45) is 0 Å². The number of hydrogen-bond donors (Lipinski definition) is 0. The predicted octanol–water partition coefficient (Wildman–Crippen LogP) is 1.53. The minimum Gasteiger partial charge on any atom is -0.269 e. The molecule has 1 aliphatic rings. The van der Waals surface area contributed by atoms with Gasteiger partial charge < -0.3 is 0 Å². The summed E-state index contributed by atoms with van der Waals surface area (Å²) in [5.74, 6) is 0. The fourth-order valence-electron chi connectivity index (χ4n) is 1.58. The molecule has 0 aliphatic carbocycles. The van der Waals surface area contributed by atoms with Crippen molar-refractivity contribution in [3.8, 4) is 0 Å². The molecule has 1 aliphatic heterocycles. The van der Waals surface area contributed by atoms with E-state index in [9.17, 15) is 0 Å². The fourth-order valence-corrected chi connectivity index (χ4v) is 1.58. The Labute approximate surface area is 60.9 Å². The van der Waals surface area contributed by atoms with Crippen LogP contribution in [0.3, 0.4) is 0 Å². The van der Waals surface area contributed by atoms with E-state index in [1.165, 1.54) is 30.5 Å². The van der Waals surface area contributed by atoms with Crippen LogP contribution in [-0.4, -0.2) is 9.78 Å². The third-order valence-corrected chi connectivity index (χ3v) is 2.19. The molecule has 0 fully saturated rings. The highest BCUT2D eigenvalue weighted by atomic mass is 15.3. The predicted molar refractivity (Wildman–Crippen MR) is 39.9 cm³/mol. The molecule has 0 atom stereocenters. The molecule has 54 valence electrons. The lowest BCUT2D eigenvalue weighted by atomic mass is 10.1. The number of nitrogens with zero attached hydrogens (tertiary/aromatic N) is 2. The highest BCUT2D eigenvalue weighted by Crippen LogP contribution is 2.16. The van der Waals surface area contributed by atoms with Gasteiger partial charge >= 0.3 is 0 Å². The smallest absolute Gasteiger partial charge is 0.0521 e. The third-order valence-electron chi connectivity index (χ3n) is 2.19. The molecule has 0 aromatic carbocycles. The van der Waals surface area contributed by atoms with Gasteiger partial charge in [0.25, 0.3) is 0 Å². The molecule has 0 radical (unpaired) electrons. The second-order valence-corrected chi connectivity index (χ2v) is 2.95. The van der Waals surface area contributed by atoms with E-state index in [0.29, 0.717) is 0 Å². The summed E-state index contributed by atoms with van der Waals surface area (Å²) in [5.41, 5.74) is 2.81. The van der Waals surface area contributed by atoms with Crippen molar-refractivity contribution >= 4 is 0 Å². The van der Waals surface area contributed by atoms with Crippen molar-refractivity contribution in [2.75, 3.05) is 0 Å². The molecule has 0 saturated heterocycles. The highest BCUT2D eigenvalue weighted by Gasteiger charge is 2.10. The average molecular weight is 136 g/mol. The first-order valence-corrected chi connectivity index (χ1v) is 3.89. The monoisotopic (exact) mass is 136 g/mol. The first kappa shape index (κ1) is 5.96. The lowest BCUT2D eigenvalue weighted by molar-refractivity contribution is 0.485. The van der Waals surface area contributed by atoms with Gasteiger partial charge in [-0.15, -0.1) is 0 Å². The van der Waals surface area contributed by atoms with Gasteiger partial charge in [0.15, 0.2) is 0 Å². The van der Waals surface area contributed by atoms with Crippen molar-refractivity contribution in [2.45, 2.75) is 32.7 Å². The second-order valence-electron chi connectivity index (χ2n) is 2.95. The van der Waals surface area contributed by atoms with Gasteiger partial charge in [-0.3, -0.25) is 4.68 Å². The molecular weight excluding hydrogens is 124 g/mol. The maximum Gasteiger partial charge on any atom is 0.0521 e. The largest absolute Gasteiger partial charge is 0.269 e. The van der Waals surface area contributed by atoms with E-state index in [2.05, 4.69) is 16.7 Å². The Morgan fingerprint density at radius 3 is 3.20 bits per heavy atom. The molecule has 2 heteroatoms. The van der Waals surface area contributed by atoms with Gasteiger partial charge in [0, 0.05) is 12.2 Å². The van der Waals surface area contributed by atoms with Crippen molar-refractivity contribution < 1.29 is 0 Å². The van der Waals surface area contributed by atoms with Crippen molar-refractivity contribution in [3.05, 3.63) is 17.5 Å². The van der Waals surface area contributed by atoms with Crippen molar-refractivity contribution in [3.63, 3.8) is 0 Å². The van der Waals surface area contributed by atoms with Crippen LogP contribution in [-0.2, 0) is 13.0 Å². The van der Waals surface area contributed by atoms with Gasteiger partial charge in [0.2, 0.25) is 0 Å². The van der Waals surface area contributed by atoms with E-state index in [-0.39, 0.29) is 0 Å². The SMILES string of the molecule is Cc1cnn2c1CCCC2. The zero-order valence-corrected chi connectivity index (χ0v) is 6.30. The van der Waals surface area contributed by atoms with E-state index in [4.69, 9.17) is 0 Å². The Hall–Kier alpha value is -0.790. The second kappa shape index (κ2) is 2.11. The Morgan fingerprint density at radius 1 is 1.50 bits per heavy atom. The summed E-state index contributed by atoms with van der Waals surface area (Å²) in [6.07, 6.45) is 5.84. The molecule has 0 bridgehead atoms. The normalized spacial score (nSPS) is 16.9. The molecule has 0 saturated carbocycles. The molecule has 1 aromatic heterocycles. The third kappa shape index (κ3) is 0.753. The average Bonchev–Trinajstić information content (AvgIpc) is 2.34. The summed E-state index contributed by atoms with van der Waals surface area (Å²) < 4.78 is 2.14. The first-order chi connectivity index (χ1) is 4.88. The van der Waals surface area contributed by atoms with Gasteiger partial charge in [-0.25, -0.2) is 0 Å². The van der Waals surface area contributed by atoms with Crippen LogP contribution in [0.5, 0.6) is 0 Å². The van der Waals surface area contributed by atoms with Crippen LogP contribution in [0.4, 0.5) is 0 Å². The quantitative estimate of drug-likeness (QED) is 0.529. The molecule has 2 nitrogen and oxygen atoms in total. The van der Waals surface area contributed by atoms with E-state index in [1.54, 1.807) is 0 Å². The number of aryl methyl sites for hydroxylation is 2. The number of rotatable bonds is 0. The standard InChI is InChI=1S/C8H12N2/c1-7-6-9-10-5-3-2-4-8(7)10/h6H,2-5H2,1H3.